The monoisotopic (exact) mass is 282 g/mol. The quantitative estimate of drug-likeness (QED) is 0.584. The predicted octanol–water partition coefficient (Wildman–Crippen LogP) is 2.09. The summed E-state index contributed by atoms with van der Waals surface area (Å²) in [6, 6.07) is 4.22. The molecule has 1 aliphatic rings. The Morgan fingerprint density at radius 2 is 2.47 bits per heavy atom. The molecule has 5 heteroatoms. The number of nitrogens with zero attached hydrogens (tertiary/aromatic N) is 1. The number of hydrogen-bond donors (Lipinski definition) is 1. The van der Waals surface area contributed by atoms with Gasteiger partial charge in [-0.2, -0.15) is 0 Å². The Balaban J connectivity index is 1.68. The molecule has 1 fully saturated rings. The zero-order valence-corrected chi connectivity index (χ0v) is 12.2. The van der Waals surface area contributed by atoms with Crippen LogP contribution in [0.1, 0.15) is 18.4 Å². The molecule has 2 heterocycles. The Hall–Kier alpha value is -0.620. The van der Waals surface area contributed by atoms with E-state index in [2.05, 4.69) is 22.4 Å². The van der Waals surface area contributed by atoms with Crippen molar-refractivity contribution >= 4 is 11.8 Å². The standard InChI is InChI=1S/C14H22N2O2S/c1-17-8-6-15-9-12-4-5-14(16-10-12)19-11-13-3-2-7-18-13/h4-5,10,13,15H,2-3,6-9,11H2,1H3. The molecule has 0 radical (unpaired) electrons. The lowest BCUT2D eigenvalue weighted by molar-refractivity contribution is 0.129. The van der Waals surface area contributed by atoms with Crippen LogP contribution in [0.2, 0.25) is 0 Å². The molecule has 4 nitrogen and oxygen atoms in total. The Kier molecular flexibility index (Phi) is 6.64. The molecule has 0 bridgehead atoms. The van der Waals surface area contributed by atoms with Crippen molar-refractivity contribution < 1.29 is 9.47 Å². The van der Waals surface area contributed by atoms with Gasteiger partial charge in [-0.25, -0.2) is 4.98 Å². The summed E-state index contributed by atoms with van der Waals surface area (Å²) >= 11 is 1.78. The summed E-state index contributed by atoms with van der Waals surface area (Å²) in [6.07, 6.45) is 4.75. The second kappa shape index (κ2) is 8.53. The molecule has 1 saturated heterocycles. The van der Waals surface area contributed by atoms with Crippen molar-refractivity contribution in [3.05, 3.63) is 23.9 Å². The molecule has 0 aromatic carbocycles. The molecule has 1 aliphatic heterocycles. The van der Waals surface area contributed by atoms with Crippen LogP contribution in [0.25, 0.3) is 0 Å². The highest BCUT2D eigenvalue weighted by Gasteiger charge is 2.15. The van der Waals surface area contributed by atoms with E-state index in [9.17, 15) is 0 Å². The number of nitrogens with one attached hydrogen (secondary N) is 1. The molecule has 0 aliphatic carbocycles. The van der Waals surface area contributed by atoms with Gasteiger partial charge in [-0.1, -0.05) is 6.07 Å². The Morgan fingerprint density at radius 1 is 1.53 bits per heavy atom. The van der Waals surface area contributed by atoms with Crippen molar-refractivity contribution in [3.8, 4) is 0 Å². The van der Waals surface area contributed by atoms with Gasteiger partial charge in [0.25, 0.3) is 0 Å². The van der Waals surface area contributed by atoms with Crippen molar-refractivity contribution in [1.82, 2.24) is 10.3 Å². The summed E-state index contributed by atoms with van der Waals surface area (Å²) in [5.74, 6) is 1.01. The summed E-state index contributed by atoms with van der Waals surface area (Å²) in [5.41, 5.74) is 1.21. The zero-order valence-electron chi connectivity index (χ0n) is 11.4. The third-order valence-corrected chi connectivity index (χ3v) is 4.13. The fourth-order valence-corrected chi connectivity index (χ4v) is 2.87. The Morgan fingerprint density at radius 3 is 3.16 bits per heavy atom. The van der Waals surface area contributed by atoms with Crippen LogP contribution in [0.4, 0.5) is 0 Å². The average Bonchev–Trinajstić information content (AvgIpc) is 2.96. The number of thioether (sulfide) groups is 1. The maximum absolute atomic E-state index is 5.60. The molecule has 0 spiro atoms. The van der Waals surface area contributed by atoms with Gasteiger partial charge in [-0.05, 0) is 24.5 Å². The SMILES string of the molecule is COCCNCc1ccc(SCC2CCCO2)nc1. The minimum absolute atomic E-state index is 0.419. The smallest absolute Gasteiger partial charge is 0.0960 e. The number of aromatic nitrogens is 1. The molecule has 0 amide bonds. The lowest BCUT2D eigenvalue weighted by Gasteiger charge is -2.08. The van der Waals surface area contributed by atoms with Crippen molar-refractivity contribution in [3.63, 3.8) is 0 Å². The molecule has 1 N–H and O–H groups in total. The third-order valence-electron chi connectivity index (χ3n) is 3.05. The maximum Gasteiger partial charge on any atom is 0.0960 e. The molecule has 0 saturated carbocycles. The van der Waals surface area contributed by atoms with Gasteiger partial charge in [0.2, 0.25) is 0 Å². The van der Waals surface area contributed by atoms with E-state index < -0.39 is 0 Å². The molecule has 1 aromatic rings. The van der Waals surface area contributed by atoms with Gasteiger partial charge in [0, 0.05) is 38.8 Å². The van der Waals surface area contributed by atoms with Gasteiger partial charge in [0.1, 0.15) is 0 Å². The molecular weight excluding hydrogens is 260 g/mol. The van der Waals surface area contributed by atoms with Crippen LogP contribution < -0.4 is 5.32 Å². The lowest BCUT2D eigenvalue weighted by atomic mass is 10.3. The predicted molar refractivity (Wildman–Crippen MR) is 77.5 cm³/mol. The van der Waals surface area contributed by atoms with E-state index >= 15 is 0 Å². The molecular formula is C14H22N2O2S. The highest BCUT2D eigenvalue weighted by molar-refractivity contribution is 7.99. The third kappa shape index (κ3) is 5.48. The van der Waals surface area contributed by atoms with E-state index in [1.54, 1.807) is 18.9 Å². The first-order valence-electron chi connectivity index (χ1n) is 6.77. The first kappa shape index (κ1) is 14.8. The first-order chi connectivity index (χ1) is 9.38. The van der Waals surface area contributed by atoms with E-state index in [0.717, 1.165) is 37.1 Å². The van der Waals surface area contributed by atoms with Crippen LogP contribution in [0, 0.1) is 0 Å². The van der Waals surface area contributed by atoms with E-state index in [0.29, 0.717) is 6.10 Å². The topological polar surface area (TPSA) is 43.4 Å². The largest absolute Gasteiger partial charge is 0.383 e. The highest BCUT2D eigenvalue weighted by atomic mass is 32.2. The lowest BCUT2D eigenvalue weighted by Crippen LogP contribution is -2.18. The van der Waals surface area contributed by atoms with Gasteiger partial charge in [-0.15, -0.1) is 11.8 Å². The van der Waals surface area contributed by atoms with Gasteiger partial charge >= 0.3 is 0 Å². The Labute approximate surface area is 119 Å². The van der Waals surface area contributed by atoms with Crippen molar-refractivity contribution in [2.24, 2.45) is 0 Å². The van der Waals surface area contributed by atoms with E-state index in [4.69, 9.17) is 9.47 Å². The normalized spacial score (nSPS) is 18.9. The molecule has 2 rings (SSSR count). The minimum atomic E-state index is 0.419. The van der Waals surface area contributed by atoms with Crippen molar-refractivity contribution in [1.29, 1.82) is 0 Å². The molecule has 1 aromatic heterocycles. The molecule has 1 unspecified atom stereocenters. The molecule has 1 atom stereocenters. The number of methoxy groups -OCH3 is 1. The van der Waals surface area contributed by atoms with Crippen LogP contribution in [0.5, 0.6) is 0 Å². The minimum Gasteiger partial charge on any atom is -0.383 e. The zero-order chi connectivity index (χ0) is 13.3. The van der Waals surface area contributed by atoms with Crippen molar-refractivity contribution in [2.75, 3.05) is 32.6 Å². The number of hydrogen-bond acceptors (Lipinski definition) is 5. The first-order valence-corrected chi connectivity index (χ1v) is 7.76. The van der Waals surface area contributed by atoms with Crippen LogP contribution in [-0.4, -0.2) is 43.7 Å². The molecule has 106 valence electrons. The van der Waals surface area contributed by atoms with Gasteiger partial charge < -0.3 is 14.8 Å². The average molecular weight is 282 g/mol. The summed E-state index contributed by atoms with van der Waals surface area (Å²) in [7, 11) is 1.71. The van der Waals surface area contributed by atoms with Gasteiger partial charge in [0.05, 0.1) is 17.7 Å². The molecule has 19 heavy (non-hydrogen) atoms. The van der Waals surface area contributed by atoms with Crippen LogP contribution in [-0.2, 0) is 16.0 Å². The van der Waals surface area contributed by atoms with Gasteiger partial charge in [0.15, 0.2) is 0 Å². The highest BCUT2D eigenvalue weighted by Crippen LogP contribution is 2.22. The number of ether oxygens (including phenoxy) is 2. The maximum atomic E-state index is 5.60. The summed E-state index contributed by atoms with van der Waals surface area (Å²) in [6.45, 7) is 3.37. The fourth-order valence-electron chi connectivity index (χ4n) is 1.96. The number of rotatable bonds is 8. The van der Waals surface area contributed by atoms with E-state index in [1.165, 1.54) is 18.4 Å². The van der Waals surface area contributed by atoms with Crippen LogP contribution in [0.3, 0.4) is 0 Å². The Bertz CT molecular complexity index is 353. The second-order valence-corrected chi connectivity index (χ2v) is 5.66. The van der Waals surface area contributed by atoms with E-state index in [1.807, 2.05) is 6.20 Å². The van der Waals surface area contributed by atoms with Crippen LogP contribution in [0.15, 0.2) is 23.4 Å². The second-order valence-electron chi connectivity index (χ2n) is 4.62. The summed E-state index contributed by atoms with van der Waals surface area (Å²) < 4.78 is 10.6. The fraction of sp³-hybridized carbons (Fsp3) is 0.643. The summed E-state index contributed by atoms with van der Waals surface area (Å²) in [5, 5.41) is 4.39. The van der Waals surface area contributed by atoms with Crippen LogP contribution >= 0.6 is 11.8 Å². The summed E-state index contributed by atoms with van der Waals surface area (Å²) in [4.78, 5) is 4.47. The number of pyridine rings is 1. The van der Waals surface area contributed by atoms with Gasteiger partial charge in [-0.3, -0.25) is 0 Å². The van der Waals surface area contributed by atoms with Crippen molar-refractivity contribution in [2.45, 2.75) is 30.5 Å². The van der Waals surface area contributed by atoms with E-state index in [-0.39, 0.29) is 0 Å².